The van der Waals surface area contributed by atoms with Gasteiger partial charge in [0, 0.05) is 18.5 Å². The highest BCUT2D eigenvalue weighted by Gasteiger charge is 2.19. The number of hydrogen-bond donors (Lipinski definition) is 0. The van der Waals surface area contributed by atoms with Crippen molar-refractivity contribution in [3.8, 4) is 0 Å². The summed E-state index contributed by atoms with van der Waals surface area (Å²) in [4.78, 5) is 18.6. The summed E-state index contributed by atoms with van der Waals surface area (Å²) in [5.74, 6) is 0.484. The molecule has 0 saturated heterocycles. The van der Waals surface area contributed by atoms with E-state index in [-0.39, 0.29) is 11.9 Å². The van der Waals surface area contributed by atoms with Crippen molar-refractivity contribution in [2.24, 2.45) is 0 Å². The van der Waals surface area contributed by atoms with Crippen LogP contribution >= 0.6 is 22.9 Å². The van der Waals surface area contributed by atoms with E-state index in [9.17, 15) is 4.79 Å². The zero-order valence-corrected chi connectivity index (χ0v) is 10.7. The number of nitrogens with zero attached hydrogens (tertiary/aromatic N) is 2. The summed E-state index contributed by atoms with van der Waals surface area (Å²) < 4.78 is 0. The quantitative estimate of drug-likeness (QED) is 0.765. The molecule has 0 aliphatic rings. The summed E-state index contributed by atoms with van der Waals surface area (Å²) in [6, 6.07) is 0.165. The molecule has 1 aromatic rings. The van der Waals surface area contributed by atoms with E-state index in [0.717, 1.165) is 5.01 Å². The van der Waals surface area contributed by atoms with E-state index in [1.807, 2.05) is 20.8 Å². The van der Waals surface area contributed by atoms with Crippen LogP contribution in [0.25, 0.3) is 0 Å². The molecule has 0 spiro atoms. The summed E-state index contributed by atoms with van der Waals surface area (Å²) in [7, 11) is 0. The fourth-order valence-electron chi connectivity index (χ4n) is 1.29. The molecule has 0 saturated carbocycles. The average Bonchev–Trinajstić information content (AvgIpc) is 2.59. The van der Waals surface area contributed by atoms with Crippen LogP contribution in [0.4, 0.5) is 0 Å². The predicted octanol–water partition coefficient (Wildman–Crippen LogP) is 2.54. The monoisotopic (exact) mass is 246 g/mol. The van der Waals surface area contributed by atoms with Gasteiger partial charge in [-0.15, -0.1) is 22.9 Å². The summed E-state index contributed by atoms with van der Waals surface area (Å²) in [5.41, 5.74) is 0. The van der Waals surface area contributed by atoms with Crippen molar-refractivity contribution in [3.05, 3.63) is 16.1 Å². The maximum absolute atomic E-state index is 12.0. The van der Waals surface area contributed by atoms with Crippen molar-refractivity contribution in [3.63, 3.8) is 0 Å². The Hall–Kier alpha value is -0.610. The highest BCUT2D eigenvalue weighted by molar-refractivity contribution is 7.13. The van der Waals surface area contributed by atoms with Crippen LogP contribution in [0.15, 0.2) is 6.20 Å². The lowest BCUT2D eigenvalue weighted by molar-refractivity contribution is 0.0723. The van der Waals surface area contributed by atoms with E-state index in [4.69, 9.17) is 11.6 Å². The Labute approximate surface area is 99.1 Å². The lowest BCUT2D eigenvalue weighted by Crippen LogP contribution is -2.37. The van der Waals surface area contributed by atoms with Crippen LogP contribution in [0.5, 0.6) is 0 Å². The maximum Gasteiger partial charge on any atom is 0.265 e. The smallest absolute Gasteiger partial charge is 0.265 e. The van der Waals surface area contributed by atoms with Gasteiger partial charge in [-0.3, -0.25) is 4.79 Å². The standard InChI is InChI=1S/C10H15ClN2OS/c1-7(2)13(5-4-11)10(14)9-6-12-8(3)15-9/h6-7H,4-5H2,1-3H3. The first-order chi connectivity index (χ1) is 7.06. The Morgan fingerprint density at radius 3 is 2.73 bits per heavy atom. The molecule has 0 fully saturated rings. The lowest BCUT2D eigenvalue weighted by Gasteiger charge is -2.25. The third-order valence-corrected chi connectivity index (χ3v) is 3.11. The van der Waals surface area contributed by atoms with Crippen molar-refractivity contribution < 1.29 is 4.79 Å². The van der Waals surface area contributed by atoms with Crippen LogP contribution in [-0.2, 0) is 0 Å². The van der Waals surface area contributed by atoms with Gasteiger partial charge in [-0.25, -0.2) is 4.98 Å². The number of rotatable bonds is 4. The van der Waals surface area contributed by atoms with Gasteiger partial charge in [-0.2, -0.15) is 0 Å². The first kappa shape index (κ1) is 12.5. The van der Waals surface area contributed by atoms with Crippen LogP contribution in [0.1, 0.15) is 28.5 Å². The minimum Gasteiger partial charge on any atom is -0.334 e. The second-order valence-electron chi connectivity index (χ2n) is 3.52. The normalized spacial score (nSPS) is 10.7. The second kappa shape index (κ2) is 5.47. The van der Waals surface area contributed by atoms with Crippen molar-refractivity contribution in [2.75, 3.05) is 12.4 Å². The van der Waals surface area contributed by atoms with E-state index in [1.165, 1.54) is 11.3 Å². The van der Waals surface area contributed by atoms with Crippen LogP contribution in [0, 0.1) is 6.92 Å². The lowest BCUT2D eigenvalue weighted by atomic mass is 10.3. The Bertz CT molecular complexity index is 338. The molecule has 0 bridgehead atoms. The number of thiazole rings is 1. The molecular formula is C10H15ClN2OS. The van der Waals surface area contributed by atoms with Crippen LogP contribution in [-0.4, -0.2) is 34.3 Å². The number of aromatic nitrogens is 1. The molecule has 3 nitrogen and oxygen atoms in total. The first-order valence-electron chi connectivity index (χ1n) is 4.85. The van der Waals surface area contributed by atoms with E-state index in [2.05, 4.69) is 4.98 Å². The van der Waals surface area contributed by atoms with Crippen molar-refractivity contribution in [1.82, 2.24) is 9.88 Å². The van der Waals surface area contributed by atoms with Gasteiger partial charge in [0.1, 0.15) is 4.88 Å². The minimum atomic E-state index is 0.0243. The van der Waals surface area contributed by atoms with E-state index in [0.29, 0.717) is 17.3 Å². The molecule has 0 aliphatic heterocycles. The summed E-state index contributed by atoms with van der Waals surface area (Å²) in [5, 5.41) is 0.910. The summed E-state index contributed by atoms with van der Waals surface area (Å²) in [6.07, 6.45) is 1.63. The molecule has 1 heterocycles. The first-order valence-corrected chi connectivity index (χ1v) is 6.20. The molecule has 0 aliphatic carbocycles. The Morgan fingerprint density at radius 2 is 2.33 bits per heavy atom. The zero-order valence-electron chi connectivity index (χ0n) is 9.16. The third-order valence-electron chi connectivity index (χ3n) is 2.04. The van der Waals surface area contributed by atoms with Gasteiger partial charge in [0.25, 0.3) is 5.91 Å². The van der Waals surface area contributed by atoms with Crippen LogP contribution < -0.4 is 0 Å². The maximum atomic E-state index is 12.0. The Balaban J connectivity index is 2.80. The predicted molar refractivity (Wildman–Crippen MR) is 63.7 cm³/mol. The van der Waals surface area contributed by atoms with Gasteiger partial charge >= 0.3 is 0 Å². The molecule has 0 N–H and O–H groups in total. The van der Waals surface area contributed by atoms with Crippen molar-refractivity contribution >= 4 is 28.8 Å². The van der Waals surface area contributed by atoms with Gasteiger partial charge in [0.05, 0.1) is 11.2 Å². The number of amides is 1. The molecular weight excluding hydrogens is 232 g/mol. The highest BCUT2D eigenvalue weighted by Crippen LogP contribution is 2.15. The van der Waals surface area contributed by atoms with E-state index < -0.39 is 0 Å². The van der Waals surface area contributed by atoms with Crippen molar-refractivity contribution in [2.45, 2.75) is 26.8 Å². The molecule has 84 valence electrons. The molecule has 1 rings (SSSR count). The van der Waals surface area contributed by atoms with E-state index in [1.54, 1.807) is 11.1 Å². The topological polar surface area (TPSA) is 33.2 Å². The summed E-state index contributed by atoms with van der Waals surface area (Å²) in [6.45, 7) is 6.44. The Kier molecular flexibility index (Phi) is 4.54. The second-order valence-corrected chi connectivity index (χ2v) is 5.14. The molecule has 0 unspecified atom stereocenters. The number of carbonyl (C=O) groups is 1. The molecule has 1 aromatic heterocycles. The van der Waals surface area contributed by atoms with E-state index >= 15 is 0 Å². The van der Waals surface area contributed by atoms with Gasteiger partial charge < -0.3 is 4.90 Å². The van der Waals surface area contributed by atoms with Gasteiger partial charge in [-0.1, -0.05) is 0 Å². The molecule has 0 aromatic carbocycles. The van der Waals surface area contributed by atoms with Crippen LogP contribution in [0.3, 0.4) is 0 Å². The SMILES string of the molecule is Cc1ncc(C(=O)N(CCCl)C(C)C)s1. The summed E-state index contributed by atoms with van der Waals surface area (Å²) >= 11 is 7.09. The average molecular weight is 247 g/mol. The molecule has 15 heavy (non-hydrogen) atoms. The zero-order chi connectivity index (χ0) is 11.4. The van der Waals surface area contributed by atoms with Crippen LogP contribution in [0.2, 0.25) is 0 Å². The number of alkyl halides is 1. The highest BCUT2D eigenvalue weighted by atomic mass is 35.5. The fourth-order valence-corrected chi connectivity index (χ4v) is 2.20. The number of hydrogen-bond acceptors (Lipinski definition) is 3. The largest absolute Gasteiger partial charge is 0.334 e. The fraction of sp³-hybridized carbons (Fsp3) is 0.600. The molecule has 5 heteroatoms. The van der Waals surface area contributed by atoms with Gasteiger partial charge in [0.2, 0.25) is 0 Å². The third kappa shape index (κ3) is 3.18. The minimum absolute atomic E-state index is 0.0243. The number of aryl methyl sites for hydroxylation is 1. The number of halogens is 1. The Morgan fingerprint density at radius 1 is 1.67 bits per heavy atom. The molecule has 0 radical (unpaired) electrons. The number of carbonyl (C=O) groups excluding carboxylic acids is 1. The van der Waals surface area contributed by atoms with Gasteiger partial charge in [-0.05, 0) is 20.8 Å². The van der Waals surface area contributed by atoms with Gasteiger partial charge in [0.15, 0.2) is 0 Å². The molecule has 0 atom stereocenters. The van der Waals surface area contributed by atoms with Crippen molar-refractivity contribution in [1.29, 1.82) is 0 Å². The molecule has 1 amide bonds.